The topological polar surface area (TPSA) is 41.6 Å². The highest BCUT2D eigenvalue weighted by Crippen LogP contribution is 2.38. The largest absolute Gasteiger partial charge is 0.416 e. The molecular weight excluding hydrogens is 426 g/mol. The molecule has 1 aliphatic heterocycles. The zero-order valence-electron chi connectivity index (χ0n) is 16.6. The van der Waals surface area contributed by atoms with E-state index in [9.17, 15) is 31.1 Å². The monoisotopic (exact) mass is 446 g/mol. The number of urea groups is 1. The van der Waals surface area contributed by atoms with Crippen molar-refractivity contribution in [3.05, 3.63) is 70.8 Å². The number of alkyl halides is 6. The Labute approximate surface area is 174 Å². The normalized spacial score (nSPS) is 20.6. The van der Waals surface area contributed by atoms with Gasteiger partial charge < -0.3 is 15.0 Å². The number of nitrogens with one attached hydrogen (secondary N) is 1. The summed E-state index contributed by atoms with van der Waals surface area (Å²) in [6, 6.07) is 9.83. The summed E-state index contributed by atoms with van der Waals surface area (Å²) >= 11 is 0. The zero-order chi connectivity index (χ0) is 23.0. The predicted octanol–water partition coefficient (Wildman–Crippen LogP) is 5.35. The van der Waals surface area contributed by atoms with Crippen molar-refractivity contribution in [2.75, 3.05) is 20.2 Å². The zero-order valence-corrected chi connectivity index (χ0v) is 16.6. The first kappa shape index (κ1) is 22.9. The maximum Gasteiger partial charge on any atom is 0.416 e. The molecule has 2 atom stereocenters. The molecule has 0 bridgehead atoms. The maximum atomic E-state index is 13.1. The van der Waals surface area contributed by atoms with E-state index in [-0.39, 0.29) is 30.8 Å². The SMILES string of the molecule is C[C@@H](OC[C@@]1(c2ccccc2)CN(C)C(=O)N1)c1cc(C(F)(F)F)cc(C(F)(F)F)c1. The van der Waals surface area contributed by atoms with E-state index in [2.05, 4.69) is 5.32 Å². The Balaban J connectivity index is 1.90. The van der Waals surface area contributed by atoms with Crippen LogP contribution in [0.25, 0.3) is 0 Å². The second-order valence-corrected chi connectivity index (χ2v) is 7.53. The highest BCUT2D eigenvalue weighted by atomic mass is 19.4. The second kappa shape index (κ2) is 8.07. The number of nitrogens with zero attached hydrogens (tertiary/aromatic N) is 1. The van der Waals surface area contributed by atoms with Crippen molar-refractivity contribution in [1.29, 1.82) is 0 Å². The average Bonchev–Trinajstić information content (AvgIpc) is 3.00. The Bertz CT molecular complexity index is 913. The molecule has 1 heterocycles. The third-order valence-electron chi connectivity index (χ3n) is 5.19. The van der Waals surface area contributed by atoms with Crippen molar-refractivity contribution >= 4 is 6.03 Å². The quantitative estimate of drug-likeness (QED) is 0.629. The van der Waals surface area contributed by atoms with E-state index < -0.39 is 35.1 Å². The van der Waals surface area contributed by atoms with Gasteiger partial charge in [-0.2, -0.15) is 26.3 Å². The lowest BCUT2D eigenvalue weighted by molar-refractivity contribution is -0.143. The van der Waals surface area contributed by atoms with Crippen LogP contribution >= 0.6 is 0 Å². The van der Waals surface area contributed by atoms with Gasteiger partial charge in [0.2, 0.25) is 0 Å². The minimum atomic E-state index is -4.94. The molecule has 2 amide bonds. The number of ether oxygens (including phenoxy) is 1. The van der Waals surface area contributed by atoms with E-state index >= 15 is 0 Å². The smallest absolute Gasteiger partial charge is 0.371 e. The molecule has 1 saturated heterocycles. The van der Waals surface area contributed by atoms with Gasteiger partial charge in [-0.25, -0.2) is 4.79 Å². The lowest BCUT2D eigenvalue weighted by Gasteiger charge is -2.30. The summed E-state index contributed by atoms with van der Waals surface area (Å²) in [7, 11) is 1.58. The van der Waals surface area contributed by atoms with Gasteiger partial charge in [-0.15, -0.1) is 0 Å². The molecule has 0 radical (unpaired) electrons. The van der Waals surface area contributed by atoms with Gasteiger partial charge in [0, 0.05) is 7.05 Å². The predicted molar refractivity (Wildman–Crippen MR) is 100 cm³/mol. The lowest BCUT2D eigenvalue weighted by Crippen LogP contribution is -2.45. The van der Waals surface area contributed by atoms with Gasteiger partial charge in [0.25, 0.3) is 0 Å². The third kappa shape index (κ3) is 4.95. The molecule has 10 heteroatoms. The summed E-state index contributed by atoms with van der Waals surface area (Å²) in [6.45, 7) is 1.44. The van der Waals surface area contributed by atoms with Gasteiger partial charge in [-0.05, 0) is 36.2 Å². The van der Waals surface area contributed by atoms with Crippen molar-refractivity contribution < 1.29 is 35.9 Å². The average molecular weight is 446 g/mol. The summed E-state index contributed by atoms with van der Waals surface area (Å²) in [6.07, 6.45) is -11.0. The van der Waals surface area contributed by atoms with Crippen molar-refractivity contribution in [1.82, 2.24) is 10.2 Å². The van der Waals surface area contributed by atoms with Crippen LogP contribution in [-0.2, 0) is 22.6 Å². The van der Waals surface area contributed by atoms with Gasteiger partial charge in [-0.3, -0.25) is 0 Å². The summed E-state index contributed by atoms with van der Waals surface area (Å²) in [5, 5.41) is 2.81. The Hall–Kier alpha value is -2.75. The van der Waals surface area contributed by atoms with Gasteiger partial charge in [0.1, 0.15) is 5.54 Å². The first-order valence-electron chi connectivity index (χ1n) is 9.32. The minimum absolute atomic E-state index is 0.0772. The van der Waals surface area contributed by atoms with E-state index in [1.807, 2.05) is 0 Å². The second-order valence-electron chi connectivity index (χ2n) is 7.53. The minimum Gasteiger partial charge on any atom is -0.371 e. The number of rotatable bonds is 5. The molecule has 1 N–H and O–H groups in total. The molecule has 3 rings (SSSR count). The van der Waals surface area contributed by atoms with Gasteiger partial charge in [-0.1, -0.05) is 30.3 Å². The molecule has 1 aliphatic rings. The van der Waals surface area contributed by atoms with Crippen LogP contribution < -0.4 is 5.32 Å². The van der Waals surface area contributed by atoms with Crippen LogP contribution in [0.4, 0.5) is 31.1 Å². The van der Waals surface area contributed by atoms with Crippen LogP contribution in [0.3, 0.4) is 0 Å². The van der Waals surface area contributed by atoms with E-state index in [0.29, 0.717) is 17.7 Å². The molecule has 0 saturated carbocycles. The third-order valence-corrected chi connectivity index (χ3v) is 5.19. The highest BCUT2D eigenvalue weighted by molar-refractivity contribution is 5.78. The first-order chi connectivity index (χ1) is 14.3. The van der Waals surface area contributed by atoms with Crippen molar-refractivity contribution in [2.45, 2.75) is 30.9 Å². The summed E-state index contributed by atoms with van der Waals surface area (Å²) in [5.74, 6) is 0. The molecule has 2 aromatic rings. The fourth-order valence-electron chi connectivity index (χ4n) is 3.48. The molecule has 0 aliphatic carbocycles. The van der Waals surface area contributed by atoms with E-state index in [0.717, 1.165) is 0 Å². The molecule has 2 aromatic carbocycles. The van der Waals surface area contributed by atoms with Gasteiger partial charge in [0.05, 0.1) is 30.4 Å². The van der Waals surface area contributed by atoms with E-state index in [4.69, 9.17) is 4.74 Å². The van der Waals surface area contributed by atoms with Gasteiger partial charge >= 0.3 is 18.4 Å². The molecule has 31 heavy (non-hydrogen) atoms. The van der Waals surface area contributed by atoms with Crippen LogP contribution in [-0.4, -0.2) is 31.1 Å². The first-order valence-corrected chi connectivity index (χ1v) is 9.32. The van der Waals surface area contributed by atoms with Crippen molar-refractivity contribution in [2.24, 2.45) is 0 Å². The molecule has 1 fully saturated rings. The van der Waals surface area contributed by atoms with Crippen LogP contribution in [0.2, 0.25) is 0 Å². The van der Waals surface area contributed by atoms with Crippen molar-refractivity contribution in [3.8, 4) is 0 Å². The number of carbonyl (C=O) groups is 1. The molecule has 0 spiro atoms. The summed E-state index contributed by atoms with van der Waals surface area (Å²) in [5.41, 5.74) is -3.35. The Morgan fingerprint density at radius 1 is 1.03 bits per heavy atom. The summed E-state index contributed by atoms with van der Waals surface area (Å²) in [4.78, 5) is 13.5. The number of carbonyl (C=O) groups excluding carboxylic acids is 1. The number of hydrogen-bond donors (Lipinski definition) is 1. The van der Waals surface area contributed by atoms with Crippen LogP contribution in [0, 0.1) is 0 Å². The van der Waals surface area contributed by atoms with E-state index in [1.165, 1.54) is 11.8 Å². The number of amides is 2. The van der Waals surface area contributed by atoms with E-state index in [1.54, 1.807) is 37.4 Å². The van der Waals surface area contributed by atoms with Gasteiger partial charge in [0.15, 0.2) is 0 Å². The standard InChI is InChI=1S/C21H20F6N2O2/c1-13(14-8-16(20(22,23)24)10-17(9-14)21(25,26)27)31-12-19(11-29(2)18(30)28-19)15-6-4-3-5-7-15/h3-10,13H,11-12H2,1-2H3,(H,28,30)/t13-,19-/m1/s1. The molecule has 168 valence electrons. The fourth-order valence-corrected chi connectivity index (χ4v) is 3.48. The Morgan fingerprint density at radius 3 is 2.03 bits per heavy atom. The van der Waals surface area contributed by atoms with Crippen molar-refractivity contribution in [3.63, 3.8) is 0 Å². The molecular formula is C21H20F6N2O2. The molecule has 4 nitrogen and oxygen atoms in total. The number of hydrogen-bond acceptors (Lipinski definition) is 2. The van der Waals surface area contributed by atoms with Crippen LogP contribution in [0.1, 0.15) is 35.3 Å². The fraction of sp³-hybridized carbons (Fsp3) is 0.381. The Kier molecular flexibility index (Phi) is 5.96. The highest BCUT2D eigenvalue weighted by Gasteiger charge is 2.43. The van der Waals surface area contributed by atoms with Crippen LogP contribution in [0.5, 0.6) is 0 Å². The summed E-state index contributed by atoms with van der Waals surface area (Å²) < 4.78 is 84.6. The molecule has 0 aromatic heterocycles. The number of likely N-dealkylation sites (N-methyl/N-ethyl adjacent to an activating group) is 1. The number of benzene rings is 2. The van der Waals surface area contributed by atoms with Crippen LogP contribution in [0.15, 0.2) is 48.5 Å². The number of halogens is 6. The Morgan fingerprint density at radius 2 is 1.58 bits per heavy atom. The lowest BCUT2D eigenvalue weighted by atomic mass is 9.91. The maximum absolute atomic E-state index is 13.1. The molecule has 0 unspecified atom stereocenters.